The van der Waals surface area contributed by atoms with Gasteiger partial charge in [-0.25, -0.2) is 0 Å². The van der Waals surface area contributed by atoms with Crippen LogP contribution in [-0.4, -0.2) is 5.78 Å². The molecular weight excluding hydrogens is 272 g/mol. The molecule has 0 N–H and O–H groups in total. The molecule has 0 radical (unpaired) electrons. The van der Waals surface area contributed by atoms with Gasteiger partial charge in [0.2, 0.25) is 5.78 Å². The number of rotatable bonds is 2. The highest BCUT2D eigenvalue weighted by molar-refractivity contribution is 6.31. The van der Waals surface area contributed by atoms with Crippen LogP contribution in [0.3, 0.4) is 0 Å². The second-order valence-electron chi connectivity index (χ2n) is 4.95. The number of carbonyl (C=O) groups is 1. The van der Waals surface area contributed by atoms with Crippen molar-refractivity contribution in [2.24, 2.45) is 0 Å². The zero-order valence-electron chi connectivity index (χ0n) is 11.2. The lowest BCUT2D eigenvalue weighted by molar-refractivity contribution is 0.101. The fourth-order valence-corrected chi connectivity index (χ4v) is 2.32. The maximum atomic E-state index is 12.4. The first-order valence-electron chi connectivity index (χ1n) is 6.35. The van der Waals surface area contributed by atoms with E-state index in [4.69, 9.17) is 16.0 Å². The molecule has 0 aliphatic heterocycles. The second-order valence-corrected chi connectivity index (χ2v) is 5.35. The lowest BCUT2D eigenvalue weighted by atomic mass is 10.1. The molecule has 0 bridgehead atoms. The minimum absolute atomic E-state index is 0.126. The molecule has 1 aromatic heterocycles. The van der Waals surface area contributed by atoms with Crippen LogP contribution in [0.2, 0.25) is 5.02 Å². The molecule has 0 unspecified atom stereocenters. The SMILES string of the molecule is Cc1ccc2oc(C(=O)c3ccc(Cl)c(C)c3)cc2c1. The number of furan rings is 1. The van der Waals surface area contributed by atoms with Crippen LogP contribution in [0.25, 0.3) is 11.0 Å². The average molecular weight is 285 g/mol. The maximum absolute atomic E-state index is 12.4. The third kappa shape index (κ3) is 2.23. The van der Waals surface area contributed by atoms with Gasteiger partial charge in [-0.1, -0.05) is 23.2 Å². The molecule has 0 fully saturated rings. The van der Waals surface area contributed by atoms with Gasteiger partial charge in [0, 0.05) is 16.0 Å². The van der Waals surface area contributed by atoms with E-state index in [0.29, 0.717) is 16.3 Å². The largest absolute Gasteiger partial charge is 0.453 e. The Morgan fingerprint density at radius 3 is 2.60 bits per heavy atom. The Hall–Kier alpha value is -2.06. The van der Waals surface area contributed by atoms with Crippen LogP contribution in [0.4, 0.5) is 0 Å². The molecule has 20 heavy (non-hydrogen) atoms. The molecule has 0 aliphatic rings. The Morgan fingerprint density at radius 2 is 1.85 bits per heavy atom. The summed E-state index contributed by atoms with van der Waals surface area (Å²) < 4.78 is 5.63. The van der Waals surface area contributed by atoms with Crippen molar-refractivity contribution >= 4 is 28.4 Å². The van der Waals surface area contributed by atoms with E-state index in [1.807, 2.05) is 32.0 Å². The van der Waals surface area contributed by atoms with Gasteiger partial charge in [0.15, 0.2) is 5.76 Å². The summed E-state index contributed by atoms with van der Waals surface area (Å²) in [5.74, 6) is 0.228. The highest BCUT2D eigenvalue weighted by Gasteiger charge is 2.15. The summed E-state index contributed by atoms with van der Waals surface area (Å²) in [5, 5.41) is 1.60. The molecular formula is C17H13ClO2. The van der Waals surface area contributed by atoms with Gasteiger partial charge in [0.1, 0.15) is 5.58 Å². The van der Waals surface area contributed by atoms with E-state index >= 15 is 0 Å². The van der Waals surface area contributed by atoms with Gasteiger partial charge in [-0.3, -0.25) is 4.79 Å². The van der Waals surface area contributed by atoms with E-state index in [1.54, 1.807) is 24.3 Å². The summed E-state index contributed by atoms with van der Waals surface area (Å²) in [6.07, 6.45) is 0. The van der Waals surface area contributed by atoms with Crippen molar-refractivity contribution in [1.82, 2.24) is 0 Å². The van der Waals surface area contributed by atoms with Gasteiger partial charge in [0.05, 0.1) is 0 Å². The molecule has 0 atom stereocenters. The molecule has 1 heterocycles. The molecule has 0 amide bonds. The minimum atomic E-state index is -0.126. The number of benzene rings is 2. The summed E-state index contributed by atoms with van der Waals surface area (Å²) >= 11 is 5.98. The standard InChI is InChI=1S/C17H13ClO2/c1-10-3-6-15-13(7-10)9-16(20-15)17(19)12-4-5-14(18)11(2)8-12/h3-9H,1-2H3. The topological polar surface area (TPSA) is 30.2 Å². The highest BCUT2D eigenvalue weighted by Crippen LogP contribution is 2.24. The van der Waals surface area contributed by atoms with Crippen molar-refractivity contribution in [3.05, 3.63) is 69.9 Å². The van der Waals surface area contributed by atoms with E-state index < -0.39 is 0 Å². The van der Waals surface area contributed by atoms with Crippen LogP contribution in [-0.2, 0) is 0 Å². The number of fused-ring (bicyclic) bond motifs is 1. The predicted molar refractivity (Wildman–Crippen MR) is 80.6 cm³/mol. The average Bonchev–Trinajstić information content (AvgIpc) is 2.84. The summed E-state index contributed by atoms with van der Waals surface area (Å²) in [6, 6.07) is 12.9. The number of hydrogen-bond donors (Lipinski definition) is 0. The van der Waals surface area contributed by atoms with Gasteiger partial charge >= 0.3 is 0 Å². The number of aryl methyl sites for hydroxylation is 2. The normalized spacial score (nSPS) is 10.9. The molecule has 0 saturated carbocycles. The zero-order chi connectivity index (χ0) is 14.3. The van der Waals surface area contributed by atoms with Gasteiger partial charge in [-0.05, 0) is 55.8 Å². The molecule has 3 heteroatoms. The van der Waals surface area contributed by atoms with Crippen molar-refractivity contribution in [1.29, 1.82) is 0 Å². The highest BCUT2D eigenvalue weighted by atomic mass is 35.5. The first kappa shape index (κ1) is 12.9. The van der Waals surface area contributed by atoms with Crippen molar-refractivity contribution in [3.63, 3.8) is 0 Å². The Bertz CT molecular complexity index is 815. The van der Waals surface area contributed by atoms with E-state index in [0.717, 1.165) is 22.1 Å². The molecule has 0 spiro atoms. The smallest absolute Gasteiger partial charge is 0.228 e. The second kappa shape index (κ2) is 4.80. The van der Waals surface area contributed by atoms with Crippen molar-refractivity contribution < 1.29 is 9.21 Å². The fourth-order valence-electron chi connectivity index (χ4n) is 2.20. The summed E-state index contributed by atoms with van der Waals surface area (Å²) in [5.41, 5.74) is 3.33. The quantitative estimate of drug-likeness (QED) is 0.624. The van der Waals surface area contributed by atoms with Crippen molar-refractivity contribution in [2.75, 3.05) is 0 Å². The summed E-state index contributed by atoms with van der Waals surface area (Å²) in [6.45, 7) is 3.89. The molecule has 100 valence electrons. The monoisotopic (exact) mass is 284 g/mol. The minimum Gasteiger partial charge on any atom is -0.453 e. The zero-order valence-corrected chi connectivity index (χ0v) is 12.0. The van der Waals surface area contributed by atoms with Gasteiger partial charge in [-0.15, -0.1) is 0 Å². The van der Waals surface area contributed by atoms with Crippen LogP contribution in [0.5, 0.6) is 0 Å². The Labute approximate surface area is 122 Å². The third-order valence-corrected chi connectivity index (χ3v) is 3.74. The Kier molecular flexibility index (Phi) is 3.11. The molecule has 0 aliphatic carbocycles. The summed E-state index contributed by atoms with van der Waals surface area (Å²) in [7, 11) is 0. The van der Waals surface area contributed by atoms with E-state index in [9.17, 15) is 4.79 Å². The fraction of sp³-hybridized carbons (Fsp3) is 0.118. The number of halogens is 1. The van der Waals surface area contributed by atoms with E-state index in [-0.39, 0.29) is 5.78 Å². The number of hydrogen-bond acceptors (Lipinski definition) is 2. The summed E-state index contributed by atoms with van der Waals surface area (Å²) in [4.78, 5) is 12.4. The van der Waals surface area contributed by atoms with Crippen LogP contribution in [0.1, 0.15) is 27.2 Å². The van der Waals surface area contributed by atoms with Crippen LogP contribution >= 0.6 is 11.6 Å². The lowest BCUT2D eigenvalue weighted by Crippen LogP contribution is -1.99. The molecule has 2 aromatic carbocycles. The molecule has 3 rings (SSSR count). The Morgan fingerprint density at radius 1 is 1.05 bits per heavy atom. The van der Waals surface area contributed by atoms with Crippen LogP contribution in [0.15, 0.2) is 46.9 Å². The third-order valence-electron chi connectivity index (χ3n) is 3.32. The van der Waals surface area contributed by atoms with E-state index in [1.165, 1.54) is 0 Å². The molecule has 2 nitrogen and oxygen atoms in total. The van der Waals surface area contributed by atoms with Crippen molar-refractivity contribution in [2.45, 2.75) is 13.8 Å². The van der Waals surface area contributed by atoms with Crippen LogP contribution < -0.4 is 0 Å². The number of carbonyl (C=O) groups excluding carboxylic acids is 1. The lowest BCUT2D eigenvalue weighted by Gasteiger charge is -2.01. The van der Waals surface area contributed by atoms with Crippen LogP contribution in [0, 0.1) is 13.8 Å². The van der Waals surface area contributed by atoms with Gasteiger partial charge in [0.25, 0.3) is 0 Å². The van der Waals surface area contributed by atoms with Gasteiger partial charge in [-0.2, -0.15) is 0 Å². The number of ketones is 1. The molecule has 3 aromatic rings. The first-order valence-corrected chi connectivity index (χ1v) is 6.73. The first-order chi connectivity index (χ1) is 9.54. The maximum Gasteiger partial charge on any atom is 0.228 e. The van der Waals surface area contributed by atoms with Crippen molar-refractivity contribution in [3.8, 4) is 0 Å². The van der Waals surface area contributed by atoms with Gasteiger partial charge < -0.3 is 4.42 Å². The Balaban J connectivity index is 2.05. The molecule has 0 saturated heterocycles. The predicted octanol–water partition coefficient (Wildman–Crippen LogP) is 4.93. The van der Waals surface area contributed by atoms with E-state index in [2.05, 4.69) is 0 Å².